The van der Waals surface area contributed by atoms with Crippen molar-refractivity contribution in [3.05, 3.63) is 83.6 Å². The van der Waals surface area contributed by atoms with Gasteiger partial charge in [0.05, 0.1) is 49.2 Å². The van der Waals surface area contributed by atoms with Crippen LogP contribution in [0.4, 0.5) is 18.4 Å². The van der Waals surface area contributed by atoms with E-state index in [4.69, 9.17) is 19.4 Å². The fraction of sp³-hybridized carbons (Fsp3) is 0.480. The number of alkyl halides is 2. The minimum absolute atomic E-state index is 0.00981. The maximum atomic E-state index is 16.7. The Balaban J connectivity index is 0.898. The predicted molar refractivity (Wildman–Crippen MR) is 242 cm³/mol. The summed E-state index contributed by atoms with van der Waals surface area (Å²) in [5.41, 5.74) is 4.70. The van der Waals surface area contributed by atoms with Crippen LogP contribution in [0.3, 0.4) is 0 Å². The molecule has 5 aliphatic rings. The van der Waals surface area contributed by atoms with E-state index in [1.807, 2.05) is 62.9 Å². The van der Waals surface area contributed by atoms with Gasteiger partial charge in [-0.05, 0) is 108 Å². The number of fused-ring (bicyclic) bond motifs is 6. The van der Waals surface area contributed by atoms with E-state index in [1.165, 1.54) is 25.2 Å². The van der Waals surface area contributed by atoms with Crippen LogP contribution in [-0.4, -0.2) is 105 Å². The van der Waals surface area contributed by atoms with E-state index in [0.717, 1.165) is 49.6 Å². The van der Waals surface area contributed by atoms with Crippen LogP contribution in [-0.2, 0) is 25.0 Å². The Morgan fingerprint density at radius 1 is 0.848 bits per heavy atom. The molecule has 2 saturated carbocycles. The van der Waals surface area contributed by atoms with Gasteiger partial charge in [0.1, 0.15) is 23.7 Å². The lowest BCUT2D eigenvalue weighted by Gasteiger charge is -2.39. The second-order valence-corrected chi connectivity index (χ2v) is 19.9. The van der Waals surface area contributed by atoms with Gasteiger partial charge in [-0.15, -0.1) is 0 Å². The second kappa shape index (κ2) is 15.9. The van der Waals surface area contributed by atoms with Gasteiger partial charge in [0.2, 0.25) is 11.8 Å². The fourth-order valence-corrected chi connectivity index (χ4v) is 11.5. The van der Waals surface area contributed by atoms with E-state index in [0.29, 0.717) is 51.7 Å². The fourth-order valence-electron chi connectivity index (χ4n) is 11.5. The summed E-state index contributed by atoms with van der Waals surface area (Å²) in [6.07, 6.45) is 5.85. The third kappa shape index (κ3) is 7.09. The average molecular weight is 903 g/mol. The summed E-state index contributed by atoms with van der Waals surface area (Å²) in [7, 11) is 4.17. The van der Waals surface area contributed by atoms with Gasteiger partial charge in [-0.1, -0.05) is 58.0 Å². The van der Waals surface area contributed by atoms with Crippen LogP contribution in [0.2, 0.25) is 0 Å². The minimum atomic E-state index is -3.29. The summed E-state index contributed by atoms with van der Waals surface area (Å²) >= 11 is 0. The Morgan fingerprint density at radius 2 is 1.53 bits per heavy atom. The van der Waals surface area contributed by atoms with Gasteiger partial charge < -0.3 is 34.6 Å². The third-order valence-corrected chi connectivity index (χ3v) is 15.1. The Morgan fingerprint density at radius 3 is 2.20 bits per heavy atom. The maximum Gasteiger partial charge on any atom is 0.409 e. The molecular formula is C50H56F2N8O6. The Kier molecular flexibility index (Phi) is 10.5. The molecule has 66 heavy (non-hydrogen) atoms. The molecular weight excluding hydrogens is 847 g/mol. The molecule has 1 spiro atoms. The van der Waals surface area contributed by atoms with Gasteiger partial charge in [0.25, 0.3) is 5.92 Å². The molecule has 10 rings (SSSR count). The lowest BCUT2D eigenvalue weighted by Crippen LogP contribution is -2.54. The third-order valence-electron chi connectivity index (χ3n) is 15.1. The highest BCUT2D eigenvalue weighted by atomic mass is 19.3. The molecule has 16 heteroatoms. The van der Waals surface area contributed by atoms with E-state index >= 15 is 8.78 Å². The summed E-state index contributed by atoms with van der Waals surface area (Å²) in [4.78, 5) is 74.7. The number of likely N-dealkylation sites (N-methyl/N-ethyl adjacent to an activating group) is 1. The number of carbonyl (C=O) groups excluding carboxylic acids is 4. The van der Waals surface area contributed by atoms with E-state index in [1.54, 1.807) is 36.3 Å². The molecule has 2 aliphatic heterocycles. The number of halogens is 2. The van der Waals surface area contributed by atoms with Gasteiger partial charge in [0, 0.05) is 36.3 Å². The van der Waals surface area contributed by atoms with Gasteiger partial charge >= 0.3 is 12.2 Å². The lowest BCUT2D eigenvalue weighted by atomic mass is 9.95. The average Bonchev–Trinajstić information content (AvgIpc) is 3.96. The molecule has 2 saturated heterocycles. The SMILES string of the molecule is COC(=O)N[C@H](C(=O)N1CC2(CC2)C[C@H]1c1ncc(-c2ccc3c(c2)C(F)(F)c2cc(-c4ccc5nc([C@@H]6[C@H]7CC[C@H](C7)N6C(=O)[C@H](C(C)C)N(C)C(=O)OC)[nH]c5c4)ccc2-3)[nH]1)C(C)C. The lowest BCUT2D eigenvalue weighted by molar-refractivity contribution is -0.142. The number of amides is 4. The highest BCUT2D eigenvalue weighted by Crippen LogP contribution is 2.59. The highest BCUT2D eigenvalue weighted by molar-refractivity contribution is 5.89. The smallest absolute Gasteiger partial charge is 0.409 e. The van der Waals surface area contributed by atoms with Crippen molar-refractivity contribution in [3.8, 4) is 33.5 Å². The number of methoxy groups -OCH3 is 2. The first-order valence-corrected chi connectivity index (χ1v) is 23.0. The largest absolute Gasteiger partial charge is 0.453 e. The van der Waals surface area contributed by atoms with Crippen LogP contribution < -0.4 is 5.32 Å². The number of aromatic amines is 2. The Hall–Kier alpha value is -6.32. The number of nitrogens with zero attached hydrogens (tertiary/aromatic N) is 5. The molecule has 0 radical (unpaired) electrons. The van der Waals surface area contributed by atoms with Crippen molar-refractivity contribution >= 4 is 35.0 Å². The first-order valence-electron chi connectivity index (χ1n) is 23.0. The highest BCUT2D eigenvalue weighted by Gasteiger charge is 2.56. The number of likely N-dealkylation sites (tertiary alicyclic amines) is 2. The summed E-state index contributed by atoms with van der Waals surface area (Å²) in [6.45, 7) is 8.15. The number of nitrogens with one attached hydrogen (secondary N) is 3. The molecule has 346 valence electrons. The van der Waals surface area contributed by atoms with Crippen molar-refractivity contribution in [2.24, 2.45) is 23.2 Å². The van der Waals surface area contributed by atoms with Crippen LogP contribution in [0, 0.1) is 23.2 Å². The number of rotatable bonds is 10. The number of aromatic nitrogens is 4. The first kappa shape index (κ1) is 43.6. The molecule has 4 amide bonds. The number of ether oxygens (including phenoxy) is 2. The van der Waals surface area contributed by atoms with Crippen LogP contribution in [0.5, 0.6) is 0 Å². The molecule has 3 aliphatic carbocycles. The Labute approximate surface area is 381 Å². The molecule has 5 aromatic rings. The van der Waals surface area contributed by atoms with E-state index < -0.39 is 30.2 Å². The molecule has 2 aromatic heterocycles. The number of piperidine rings is 1. The molecule has 3 aromatic carbocycles. The van der Waals surface area contributed by atoms with Gasteiger partial charge in [0.15, 0.2) is 0 Å². The number of alkyl carbamates (subject to hydrolysis) is 1. The quantitative estimate of drug-likeness (QED) is 0.125. The van der Waals surface area contributed by atoms with Gasteiger partial charge in [-0.3, -0.25) is 14.5 Å². The molecule has 0 unspecified atom stereocenters. The molecule has 4 heterocycles. The van der Waals surface area contributed by atoms with Crippen LogP contribution >= 0.6 is 0 Å². The minimum Gasteiger partial charge on any atom is -0.453 e. The second-order valence-electron chi connectivity index (χ2n) is 19.9. The standard InChI is InChI=1S/C50H56F2N8O6/c1-25(2)40(57-47(63)65-6)45(61)59-24-49(16-17-49)22-39(59)43-53-23-38(56-43)29-10-14-33-32-13-9-27(19-34(32)50(51,52)35(33)20-29)28-11-15-36-37(21-28)55-44(54-36)42-30-8-12-31(18-30)60(42)46(62)41(26(3)4)58(5)48(64)66-7/h9-11,13-15,19-21,23,25-26,30-31,39-42H,8,12,16-18,22,24H2,1-7H3,(H,53,56)(H,54,55)(H,57,63)/t30-,31+,39-,40-,41-,42-/m0/s1. The zero-order valence-electron chi connectivity index (χ0n) is 38.3. The zero-order chi connectivity index (χ0) is 46.6. The van der Waals surface area contributed by atoms with E-state index in [9.17, 15) is 19.2 Å². The van der Waals surface area contributed by atoms with Crippen molar-refractivity contribution in [3.63, 3.8) is 0 Å². The van der Waals surface area contributed by atoms with E-state index in [-0.39, 0.29) is 64.2 Å². The topological polar surface area (TPSA) is 166 Å². The van der Waals surface area contributed by atoms with Crippen molar-refractivity contribution in [1.82, 2.24) is 40.0 Å². The van der Waals surface area contributed by atoms with Crippen LogP contribution in [0.25, 0.3) is 44.5 Å². The maximum absolute atomic E-state index is 16.7. The van der Waals surface area contributed by atoms with Crippen molar-refractivity contribution in [1.29, 1.82) is 0 Å². The first-order chi connectivity index (χ1) is 31.5. The van der Waals surface area contributed by atoms with Gasteiger partial charge in [-0.2, -0.15) is 8.78 Å². The van der Waals surface area contributed by atoms with Crippen molar-refractivity contribution in [2.45, 2.75) is 102 Å². The summed E-state index contributed by atoms with van der Waals surface area (Å²) < 4.78 is 43.2. The summed E-state index contributed by atoms with van der Waals surface area (Å²) in [5, 5.41) is 2.70. The number of H-pyrrole nitrogens is 2. The number of imidazole rings is 2. The molecule has 2 bridgehead atoms. The normalized spacial score (nSPS) is 22.8. The van der Waals surface area contributed by atoms with Crippen LogP contribution in [0.15, 0.2) is 60.8 Å². The molecule has 4 fully saturated rings. The molecule has 6 atom stereocenters. The van der Waals surface area contributed by atoms with E-state index in [2.05, 4.69) is 15.3 Å². The number of hydrogen-bond acceptors (Lipinski definition) is 8. The van der Waals surface area contributed by atoms with Crippen molar-refractivity contribution in [2.75, 3.05) is 27.8 Å². The molecule has 3 N–H and O–H groups in total. The van der Waals surface area contributed by atoms with Gasteiger partial charge in [-0.25, -0.2) is 19.6 Å². The zero-order valence-corrected chi connectivity index (χ0v) is 38.3. The summed E-state index contributed by atoms with van der Waals surface area (Å²) in [6, 6.07) is 13.9. The van der Waals surface area contributed by atoms with Crippen LogP contribution in [0.1, 0.15) is 101 Å². The number of carbonyl (C=O) groups is 4. The molecule has 14 nitrogen and oxygen atoms in total. The Bertz CT molecular complexity index is 2780. The predicted octanol–water partition coefficient (Wildman–Crippen LogP) is 8.95. The summed E-state index contributed by atoms with van der Waals surface area (Å²) in [5.74, 6) is -2.47. The number of hydrogen-bond donors (Lipinski definition) is 3. The van der Waals surface area contributed by atoms with Crippen molar-refractivity contribution < 1.29 is 37.4 Å². The monoisotopic (exact) mass is 902 g/mol. The number of benzene rings is 3.